The maximum atomic E-state index is 12.5. The molecule has 0 aliphatic heterocycles. The second-order valence-corrected chi connectivity index (χ2v) is 7.65. The fourth-order valence-corrected chi connectivity index (χ4v) is 3.94. The highest BCUT2D eigenvalue weighted by molar-refractivity contribution is 5.95. The Kier molecular flexibility index (Phi) is 4.48. The molecule has 0 saturated heterocycles. The number of aliphatic hydroxyl groups excluding tert-OH is 1. The Balaban J connectivity index is 1.36. The number of carbonyl (C=O) groups is 1. The average Bonchev–Trinajstić information content (AvgIpc) is 3.28. The summed E-state index contributed by atoms with van der Waals surface area (Å²) in [6.45, 7) is 2.34. The van der Waals surface area contributed by atoms with Crippen molar-refractivity contribution in [2.24, 2.45) is 13.0 Å². The van der Waals surface area contributed by atoms with Gasteiger partial charge in [-0.15, -0.1) is 10.2 Å². The van der Waals surface area contributed by atoms with Crippen molar-refractivity contribution in [1.29, 1.82) is 0 Å². The molecule has 1 amide bonds. The van der Waals surface area contributed by atoms with Crippen LogP contribution >= 0.6 is 0 Å². The molecule has 138 valence electrons. The summed E-state index contributed by atoms with van der Waals surface area (Å²) >= 11 is 0. The molecule has 2 heterocycles. The van der Waals surface area contributed by atoms with E-state index >= 15 is 0 Å². The summed E-state index contributed by atoms with van der Waals surface area (Å²) in [6, 6.07) is 3.84. The molecule has 2 aromatic rings. The zero-order chi connectivity index (χ0) is 18.3. The number of hydrogen-bond acceptors (Lipinski definition) is 5. The lowest BCUT2D eigenvalue weighted by atomic mass is 10.0. The molecular weight excluding hydrogens is 330 g/mol. The van der Waals surface area contributed by atoms with E-state index in [2.05, 4.69) is 20.5 Å². The van der Waals surface area contributed by atoms with Crippen LogP contribution in [0.1, 0.15) is 65.1 Å². The van der Waals surface area contributed by atoms with E-state index in [1.807, 2.05) is 30.7 Å². The maximum absolute atomic E-state index is 12.5. The van der Waals surface area contributed by atoms with E-state index in [0.717, 1.165) is 23.6 Å². The number of aromatic nitrogens is 4. The Labute approximate surface area is 152 Å². The molecule has 3 atom stereocenters. The maximum Gasteiger partial charge on any atom is 0.253 e. The third kappa shape index (κ3) is 3.35. The molecule has 2 N–H and O–H groups in total. The van der Waals surface area contributed by atoms with E-state index in [1.165, 1.54) is 12.8 Å². The van der Waals surface area contributed by atoms with E-state index in [9.17, 15) is 9.90 Å². The Morgan fingerprint density at radius 1 is 1.31 bits per heavy atom. The first-order chi connectivity index (χ1) is 12.5. The van der Waals surface area contributed by atoms with Crippen molar-refractivity contribution in [3.63, 3.8) is 0 Å². The van der Waals surface area contributed by atoms with Gasteiger partial charge in [0.05, 0.1) is 17.4 Å². The summed E-state index contributed by atoms with van der Waals surface area (Å²) in [5.41, 5.74) is 2.49. The van der Waals surface area contributed by atoms with Crippen LogP contribution in [-0.4, -0.2) is 43.4 Å². The summed E-state index contributed by atoms with van der Waals surface area (Å²) in [6.07, 6.45) is 5.09. The Hall–Kier alpha value is -2.28. The van der Waals surface area contributed by atoms with E-state index in [4.69, 9.17) is 0 Å². The number of nitrogens with one attached hydrogen (secondary N) is 1. The van der Waals surface area contributed by atoms with Gasteiger partial charge in [-0.2, -0.15) is 0 Å². The quantitative estimate of drug-likeness (QED) is 0.851. The van der Waals surface area contributed by atoms with Gasteiger partial charge in [0.15, 0.2) is 0 Å². The number of carbonyl (C=O) groups excluding carboxylic acids is 1. The van der Waals surface area contributed by atoms with Gasteiger partial charge >= 0.3 is 0 Å². The molecule has 2 saturated carbocycles. The molecule has 0 aromatic carbocycles. The van der Waals surface area contributed by atoms with Crippen molar-refractivity contribution in [3.05, 3.63) is 41.2 Å². The molecule has 7 nitrogen and oxygen atoms in total. The first-order valence-electron chi connectivity index (χ1n) is 9.30. The molecule has 2 aromatic heterocycles. The first-order valence-corrected chi connectivity index (χ1v) is 9.30. The van der Waals surface area contributed by atoms with Crippen molar-refractivity contribution in [1.82, 2.24) is 25.1 Å². The molecule has 2 aliphatic rings. The predicted octanol–water partition coefficient (Wildman–Crippen LogP) is 1.68. The SMILES string of the molecule is Cc1nc(C2CC2)ccc1C(=O)NC[C@H]1C[C@H](c2nncn2C)C[C@H]1O. The lowest BCUT2D eigenvalue weighted by Gasteiger charge is -2.15. The van der Waals surface area contributed by atoms with Gasteiger partial charge in [-0.3, -0.25) is 9.78 Å². The van der Waals surface area contributed by atoms with E-state index in [1.54, 1.807) is 6.33 Å². The molecule has 0 unspecified atom stereocenters. The van der Waals surface area contributed by atoms with Crippen LogP contribution in [-0.2, 0) is 7.05 Å². The highest BCUT2D eigenvalue weighted by atomic mass is 16.3. The molecule has 0 spiro atoms. The van der Waals surface area contributed by atoms with Crippen LogP contribution < -0.4 is 5.32 Å². The predicted molar refractivity (Wildman–Crippen MR) is 95.8 cm³/mol. The lowest BCUT2D eigenvalue weighted by molar-refractivity contribution is 0.0915. The van der Waals surface area contributed by atoms with Crippen LogP contribution in [0.25, 0.3) is 0 Å². The van der Waals surface area contributed by atoms with Crippen molar-refractivity contribution in [2.75, 3.05) is 6.54 Å². The number of pyridine rings is 1. The number of aliphatic hydroxyl groups is 1. The van der Waals surface area contributed by atoms with Gasteiger partial charge < -0.3 is 15.0 Å². The zero-order valence-electron chi connectivity index (χ0n) is 15.2. The second kappa shape index (κ2) is 6.79. The minimum absolute atomic E-state index is 0.0275. The molecular formula is C19H25N5O2. The number of rotatable bonds is 5. The van der Waals surface area contributed by atoms with Crippen molar-refractivity contribution in [2.45, 2.75) is 50.5 Å². The topological polar surface area (TPSA) is 92.9 Å². The standard InChI is InChI=1S/C19H25N5O2/c1-11-15(5-6-16(22-11)12-3-4-12)19(26)20-9-14-7-13(8-17(14)25)18-23-21-10-24(18)2/h5-6,10,12-14,17,25H,3-4,7-9H2,1-2H3,(H,20,26)/t13-,14+,17+/m0/s1. The van der Waals surface area contributed by atoms with Gasteiger partial charge in [-0.1, -0.05) is 0 Å². The fourth-order valence-electron chi connectivity index (χ4n) is 3.94. The van der Waals surface area contributed by atoms with E-state index in [0.29, 0.717) is 24.4 Å². The largest absolute Gasteiger partial charge is 0.393 e. The molecule has 0 bridgehead atoms. The Morgan fingerprint density at radius 2 is 2.12 bits per heavy atom. The Morgan fingerprint density at radius 3 is 2.77 bits per heavy atom. The molecule has 2 aliphatic carbocycles. The fraction of sp³-hybridized carbons (Fsp3) is 0.579. The van der Waals surface area contributed by atoms with E-state index < -0.39 is 6.10 Å². The van der Waals surface area contributed by atoms with Crippen LogP contribution in [0.15, 0.2) is 18.5 Å². The summed E-state index contributed by atoms with van der Waals surface area (Å²) in [7, 11) is 1.91. The van der Waals surface area contributed by atoms with Crippen LogP contribution in [0.5, 0.6) is 0 Å². The Bertz CT molecular complexity index is 814. The molecule has 26 heavy (non-hydrogen) atoms. The van der Waals surface area contributed by atoms with E-state index in [-0.39, 0.29) is 17.7 Å². The summed E-state index contributed by atoms with van der Waals surface area (Å²) in [4.78, 5) is 17.1. The summed E-state index contributed by atoms with van der Waals surface area (Å²) in [5, 5.41) is 21.4. The van der Waals surface area contributed by atoms with Gasteiger partial charge in [0.1, 0.15) is 12.2 Å². The van der Waals surface area contributed by atoms with Gasteiger partial charge in [0.2, 0.25) is 0 Å². The lowest BCUT2D eigenvalue weighted by Crippen LogP contribution is -2.33. The number of aryl methyl sites for hydroxylation is 2. The van der Waals surface area contributed by atoms with Crippen LogP contribution in [0.2, 0.25) is 0 Å². The third-order valence-corrected chi connectivity index (χ3v) is 5.64. The van der Waals surface area contributed by atoms with Crippen LogP contribution in [0.4, 0.5) is 0 Å². The summed E-state index contributed by atoms with van der Waals surface area (Å²) < 4.78 is 1.90. The average molecular weight is 355 g/mol. The van der Waals surface area contributed by atoms with Gasteiger partial charge in [0.25, 0.3) is 5.91 Å². The third-order valence-electron chi connectivity index (χ3n) is 5.64. The van der Waals surface area contributed by atoms with Crippen LogP contribution in [0, 0.1) is 12.8 Å². The summed E-state index contributed by atoms with van der Waals surface area (Å²) in [5.74, 6) is 1.57. The van der Waals surface area contributed by atoms with Crippen molar-refractivity contribution >= 4 is 5.91 Å². The smallest absolute Gasteiger partial charge is 0.253 e. The van der Waals surface area contributed by atoms with Crippen LogP contribution in [0.3, 0.4) is 0 Å². The normalized spacial score (nSPS) is 25.4. The second-order valence-electron chi connectivity index (χ2n) is 7.65. The highest BCUT2D eigenvalue weighted by Crippen LogP contribution is 2.39. The minimum Gasteiger partial charge on any atom is -0.393 e. The van der Waals surface area contributed by atoms with Gasteiger partial charge in [-0.25, -0.2) is 0 Å². The molecule has 2 fully saturated rings. The number of amides is 1. The molecule has 0 radical (unpaired) electrons. The van der Waals surface area contributed by atoms with Gasteiger partial charge in [0, 0.05) is 37.0 Å². The number of nitrogens with zero attached hydrogens (tertiary/aromatic N) is 4. The zero-order valence-corrected chi connectivity index (χ0v) is 15.2. The monoisotopic (exact) mass is 355 g/mol. The minimum atomic E-state index is -0.437. The van der Waals surface area contributed by atoms with Crippen molar-refractivity contribution < 1.29 is 9.90 Å². The number of hydrogen-bond donors (Lipinski definition) is 2. The first kappa shape index (κ1) is 17.1. The molecule has 7 heteroatoms. The molecule has 4 rings (SSSR count). The highest BCUT2D eigenvalue weighted by Gasteiger charge is 2.36. The van der Waals surface area contributed by atoms with Gasteiger partial charge in [-0.05, 0) is 44.7 Å². The van der Waals surface area contributed by atoms with Crippen molar-refractivity contribution in [3.8, 4) is 0 Å².